The van der Waals surface area contributed by atoms with Crippen molar-refractivity contribution in [1.29, 1.82) is 0 Å². The highest BCUT2D eigenvalue weighted by Gasteiger charge is 2.26. The molecule has 2 N–H and O–H groups in total. The number of nitrogens with one attached hydrogen (secondary N) is 1. The Morgan fingerprint density at radius 1 is 1.53 bits per heavy atom. The molecular formula is C14H17BrFNO2. The van der Waals surface area contributed by atoms with E-state index >= 15 is 0 Å². The maximum atomic E-state index is 14.0. The van der Waals surface area contributed by atoms with Crippen LogP contribution in [0, 0.1) is 18.7 Å². The van der Waals surface area contributed by atoms with Crippen molar-refractivity contribution in [1.82, 2.24) is 5.32 Å². The summed E-state index contributed by atoms with van der Waals surface area (Å²) < 4.78 is 14.7. The predicted octanol–water partition coefficient (Wildman–Crippen LogP) is 2.79. The van der Waals surface area contributed by atoms with E-state index in [4.69, 9.17) is 5.11 Å². The van der Waals surface area contributed by atoms with E-state index < -0.39 is 5.82 Å². The average molecular weight is 330 g/mol. The summed E-state index contributed by atoms with van der Waals surface area (Å²) in [4.78, 5) is 12.1. The highest BCUT2D eigenvalue weighted by molar-refractivity contribution is 9.10. The lowest BCUT2D eigenvalue weighted by atomic mass is 10.1. The fourth-order valence-corrected chi connectivity index (χ4v) is 2.78. The Morgan fingerprint density at radius 2 is 2.26 bits per heavy atom. The molecule has 1 saturated carbocycles. The first-order chi connectivity index (χ1) is 9.02. The molecule has 19 heavy (non-hydrogen) atoms. The lowest BCUT2D eigenvalue weighted by Gasteiger charge is -2.14. The SMILES string of the molecule is Cc1c(Br)ccc(C(=O)N[C@H]2CC[C@@H](CO)C2)c1F. The molecule has 2 rings (SSSR count). The zero-order chi connectivity index (χ0) is 14.0. The van der Waals surface area contributed by atoms with Gasteiger partial charge in [0.05, 0.1) is 5.56 Å². The Morgan fingerprint density at radius 3 is 2.89 bits per heavy atom. The van der Waals surface area contributed by atoms with E-state index in [1.807, 2.05) is 0 Å². The Bertz CT molecular complexity index is 493. The van der Waals surface area contributed by atoms with Crippen molar-refractivity contribution in [3.8, 4) is 0 Å². The molecule has 1 amide bonds. The topological polar surface area (TPSA) is 49.3 Å². The third-order valence-electron chi connectivity index (χ3n) is 3.70. The molecule has 1 aromatic carbocycles. The summed E-state index contributed by atoms with van der Waals surface area (Å²) in [7, 11) is 0. The van der Waals surface area contributed by atoms with Crippen molar-refractivity contribution in [2.24, 2.45) is 5.92 Å². The van der Waals surface area contributed by atoms with E-state index in [-0.39, 0.29) is 30.0 Å². The largest absolute Gasteiger partial charge is 0.396 e. The van der Waals surface area contributed by atoms with Crippen molar-refractivity contribution in [2.75, 3.05) is 6.61 Å². The molecule has 1 fully saturated rings. The highest BCUT2D eigenvalue weighted by Crippen LogP contribution is 2.26. The van der Waals surface area contributed by atoms with Gasteiger partial charge >= 0.3 is 0 Å². The zero-order valence-electron chi connectivity index (χ0n) is 10.7. The van der Waals surface area contributed by atoms with Crippen molar-refractivity contribution in [3.05, 3.63) is 33.5 Å². The van der Waals surface area contributed by atoms with E-state index in [0.717, 1.165) is 19.3 Å². The minimum Gasteiger partial charge on any atom is -0.396 e. The van der Waals surface area contributed by atoms with Gasteiger partial charge in [-0.1, -0.05) is 15.9 Å². The highest BCUT2D eigenvalue weighted by atomic mass is 79.9. The van der Waals surface area contributed by atoms with Crippen LogP contribution in [-0.4, -0.2) is 23.7 Å². The molecule has 1 aromatic rings. The minimum atomic E-state index is -0.483. The zero-order valence-corrected chi connectivity index (χ0v) is 12.3. The number of benzene rings is 1. The number of carbonyl (C=O) groups is 1. The number of rotatable bonds is 3. The number of halogens is 2. The third kappa shape index (κ3) is 3.15. The van der Waals surface area contributed by atoms with Crippen molar-refractivity contribution >= 4 is 21.8 Å². The smallest absolute Gasteiger partial charge is 0.254 e. The van der Waals surface area contributed by atoms with E-state index in [1.54, 1.807) is 13.0 Å². The molecular weight excluding hydrogens is 313 g/mol. The van der Waals surface area contributed by atoms with Gasteiger partial charge in [0.15, 0.2) is 0 Å². The summed E-state index contributed by atoms with van der Waals surface area (Å²) in [5.41, 5.74) is 0.514. The summed E-state index contributed by atoms with van der Waals surface area (Å²) >= 11 is 3.24. The van der Waals surface area contributed by atoms with Crippen LogP contribution in [0.1, 0.15) is 35.2 Å². The molecule has 0 radical (unpaired) electrons. The van der Waals surface area contributed by atoms with Crippen LogP contribution in [-0.2, 0) is 0 Å². The van der Waals surface area contributed by atoms with E-state index in [2.05, 4.69) is 21.2 Å². The second-order valence-electron chi connectivity index (χ2n) is 5.07. The van der Waals surface area contributed by atoms with Crippen molar-refractivity contribution in [2.45, 2.75) is 32.2 Å². The maximum Gasteiger partial charge on any atom is 0.254 e. The first-order valence-corrected chi connectivity index (χ1v) is 7.18. The van der Waals surface area contributed by atoms with Gasteiger partial charge in [-0.2, -0.15) is 0 Å². The summed E-state index contributed by atoms with van der Waals surface area (Å²) in [6.45, 7) is 1.78. The van der Waals surface area contributed by atoms with Crippen LogP contribution in [0.15, 0.2) is 16.6 Å². The molecule has 104 valence electrons. The number of carbonyl (C=O) groups excluding carboxylic acids is 1. The predicted molar refractivity (Wildman–Crippen MR) is 74.5 cm³/mol. The van der Waals surface area contributed by atoms with Crippen LogP contribution in [0.4, 0.5) is 4.39 Å². The molecule has 0 saturated heterocycles. The van der Waals surface area contributed by atoms with Gasteiger partial charge in [0.1, 0.15) is 5.82 Å². The van der Waals surface area contributed by atoms with Gasteiger partial charge in [-0.15, -0.1) is 0 Å². The molecule has 0 unspecified atom stereocenters. The average Bonchev–Trinajstić information content (AvgIpc) is 2.83. The van der Waals surface area contributed by atoms with Gasteiger partial charge < -0.3 is 10.4 Å². The fraction of sp³-hybridized carbons (Fsp3) is 0.500. The van der Waals surface area contributed by atoms with Gasteiger partial charge in [-0.25, -0.2) is 4.39 Å². The molecule has 1 aliphatic carbocycles. The molecule has 5 heteroatoms. The molecule has 1 aliphatic rings. The molecule has 0 aromatic heterocycles. The van der Waals surface area contributed by atoms with Crippen LogP contribution in [0.3, 0.4) is 0 Å². The molecule has 0 heterocycles. The second-order valence-corrected chi connectivity index (χ2v) is 5.92. The van der Waals surface area contributed by atoms with Crippen molar-refractivity contribution in [3.63, 3.8) is 0 Å². The number of hydrogen-bond donors (Lipinski definition) is 2. The van der Waals surface area contributed by atoms with Crippen LogP contribution >= 0.6 is 15.9 Å². The quantitative estimate of drug-likeness (QED) is 0.895. The van der Waals surface area contributed by atoms with Gasteiger partial charge in [-0.05, 0) is 49.8 Å². The van der Waals surface area contributed by atoms with Crippen LogP contribution in [0.25, 0.3) is 0 Å². The van der Waals surface area contributed by atoms with Gasteiger partial charge in [0, 0.05) is 17.1 Å². The Balaban J connectivity index is 2.07. The first-order valence-electron chi connectivity index (χ1n) is 6.39. The summed E-state index contributed by atoms with van der Waals surface area (Å²) in [6.07, 6.45) is 2.51. The van der Waals surface area contributed by atoms with E-state index in [1.165, 1.54) is 6.07 Å². The monoisotopic (exact) mass is 329 g/mol. The second kappa shape index (κ2) is 6.01. The summed E-state index contributed by atoms with van der Waals surface area (Å²) in [5, 5.41) is 11.9. The van der Waals surface area contributed by atoms with Crippen LogP contribution in [0.5, 0.6) is 0 Å². The normalized spacial score (nSPS) is 22.5. The standard InChI is InChI=1S/C14H17BrFNO2/c1-8-12(15)5-4-11(13(8)16)14(19)17-10-3-2-9(6-10)7-18/h4-5,9-10,18H,2-3,6-7H2,1H3,(H,17,19)/t9-,10+/m1/s1. The molecule has 3 nitrogen and oxygen atoms in total. The summed E-state index contributed by atoms with van der Waals surface area (Å²) in [5.74, 6) is -0.609. The Kier molecular flexibility index (Phi) is 4.58. The molecule has 2 atom stereocenters. The maximum absolute atomic E-state index is 14.0. The minimum absolute atomic E-state index is 0.0352. The third-order valence-corrected chi connectivity index (χ3v) is 4.56. The van der Waals surface area contributed by atoms with E-state index in [9.17, 15) is 9.18 Å². The number of aliphatic hydroxyl groups excluding tert-OH is 1. The lowest BCUT2D eigenvalue weighted by Crippen LogP contribution is -2.33. The molecule has 0 spiro atoms. The van der Waals surface area contributed by atoms with Crippen LogP contribution < -0.4 is 5.32 Å². The Labute approximate surface area is 120 Å². The van der Waals surface area contributed by atoms with Gasteiger partial charge in [-0.3, -0.25) is 4.79 Å². The molecule has 0 aliphatic heterocycles. The number of aliphatic hydroxyl groups is 1. The number of hydrogen-bond acceptors (Lipinski definition) is 2. The fourth-order valence-electron chi connectivity index (χ4n) is 2.47. The first kappa shape index (κ1) is 14.5. The summed E-state index contributed by atoms with van der Waals surface area (Å²) in [6, 6.07) is 3.20. The van der Waals surface area contributed by atoms with E-state index in [0.29, 0.717) is 10.0 Å². The number of amides is 1. The van der Waals surface area contributed by atoms with Gasteiger partial charge in [0.25, 0.3) is 5.91 Å². The molecule has 0 bridgehead atoms. The van der Waals surface area contributed by atoms with Crippen molar-refractivity contribution < 1.29 is 14.3 Å². The lowest BCUT2D eigenvalue weighted by molar-refractivity contribution is 0.0931. The van der Waals surface area contributed by atoms with Gasteiger partial charge in [0.2, 0.25) is 0 Å². The van der Waals surface area contributed by atoms with Crippen LogP contribution in [0.2, 0.25) is 0 Å². The Hall–Kier alpha value is -0.940.